The summed E-state index contributed by atoms with van der Waals surface area (Å²) in [5.74, 6) is -1.21. The number of imidazole rings is 1. The lowest BCUT2D eigenvalue weighted by Gasteiger charge is -2.09. The Balaban J connectivity index is 0.000000464. The molecule has 0 saturated carbocycles. The van der Waals surface area contributed by atoms with Gasteiger partial charge in [-0.15, -0.1) is 12.4 Å². The van der Waals surface area contributed by atoms with Gasteiger partial charge in [0, 0.05) is 6.42 Å². The van der Waals surface area contributed by atoms with Crippen molar-refractivity contribution in [3.8, 4) is 0 Å². The molecule has 0 saturated heterocycles. The summed E-state index contributed by atoms with van der Waals surface area (Å²) < 4.78 is 1.85. The lowest BCUT2D eigenvalue weighted by Crippen LogP contribution is -2.16. The van der Waals surface area contributed by atoms with Crippen LogP contribution in [0.25, 0.3) is 0 Å². The van der Waals surface area contributed by atoms with Gasteiger partial charge in [0.15, 0.2) is 0 Å². The molecular formula is C18H25ClN2O5. The summed E-state index contributed by atoms with van der Waals surface area (Å²) >= 11 is 0. The van der Waals surface area contributed by atoms with Crippen molar-refractivity contribution in [2.45, 2.75) is 40.5 Å². The lowest BCUT2D eigenvalue weighted by molar-refractivity contribution is 0.0696. The quantitative estimate of drug-likeness (QED) is 0.792. The molecule has 0 fully saturated rings. The first-order valence-corrected chi connectivity index (χ1v) is 8.12. The largest absolute Gasteiger partial charge is 0.478 e. The molecule has 8 heteroatoms. The summed E-state index contributed by atoms with van der Waals surface area (Å²) in [6, 6.07) is 4.17. The zero-order valence-corrected chi connectivity index (χ0v) is 16.2. The fourth-order valence-corrected chi connectivity index (χ4v) is 2.27. The summed E-state index contributed by atoms with van der Waals surface area (Å²) in [5.41, 5.74) is 1.48. The smallest absolute Gasteiger partial charge is 0.335 e. The van der Waals surface area contributed by atoms with Crippen LogP contribution in [0, 0.1) is 6.92 Å². The molecule has 2 aromatic rings. The summed E-state index contributed by atoms with van der Waals surface area (Å²) in [5, 5.41) is 17.4. The molecule has 0 spiro atoms. The van der Waals surface area contributed by atoms with Gasteiger partial charge >= 0.3 is 11.9 Å². The minimum atomic E-state index is -1.11. The van der Waals surface area contributed by atoms with Crippen molar-refractivity contribution in [2.75, 3.05) is 6.61 Å². The summed E-state index contributed by atoms with van der Waals surface area (Å²) in [4.78, 5) is 30.9. The number of benzene rings is 1. The van der Waals surface area contributed by atoms with Crippen LogP contribution < -0.4 is 4.84 Å². The average Bonchev–Trinajstić information content (AvgIpc) is 2.97. The van der Waals surface area contributed by atoms with E-state index in [1.807, 2.05) is 17.9 Å². The zero-order valence-electron chi connectivity index (χ0n) is 15.4. The molecule has 0 amide bonds. The topological polar surface area (TPSA) is 102 Å². The van der Waals surface area contributed by atoms with E-state index >= 15 is 0 Å². The Morgan fingerprint density at radius 1 is 1.08 bits per heavy atom. The van der Waals surface area contributed by atoms with Crippen molar-refractivity contribution in [2.24, 2.45) is 0 Å². The van der Waals surface area contributed by atoms with Crippen LogP contribution in [0.5, 0.6) is 0 Å². The van der Waals surface area contributed by atoms with Crippen molar-refractivity contribution in [1.82, 2.24) is 9.71 Å². The molecule has 0 aliphatic rings. The Labute approximate surface area is 159 Å². The van der Waals surface area contributed by atoms with Gasteiger partial charge in [-0.2, -0.15) is 4.73 Å². The highest BCUT2D eigenvalue weighted by Crippen LogP contribution is 2.13. The number of carbonyl (C=O) groups is 2. The van der Waals surface area contributed by atoms with Crippen LogP contribution in [0.3, 0.4) is 0 Å². The van der Waals surface area contributed by atoms with Crippen LogP contribution in [-0.2, 0) is 12.8 Å². The Hall–Kier alpha value is -2.54. The normalized spacial score (nSPS) is 9.54. The minimum Gasteiger partial charge on any atom is -0.478 e. The van der Waals surface area contributed by atoms with E-state index in [4.69, 9.17) is 15.1 Å². The van der Waals surface area contributed by atoms with E-state index in [1.54, 1.807) is 0 Å². The van der Waals surface area contributed by atoms with Crippen LogP contribution in [-0.4, -0.2) is 38.5 Å². The van der Waals surface area contributed by atoms with Crippen molar-refractivity contribution in [1.29, 1.82) is 0 Å². The van der Waals surface area contributed by atoms with Gasteiger partial charge in [0.05, 0.1) is 23.0 Å². The van der Waals surface area contributed by atoms with Crippen LogP contribution >= 0.6 is 12.4 Å². The Kier molecular flexibility index (Phi) is 10.1. The van der Waals surface area contributed by atoms with E-state index in [1.165, 1.54) is 25.1 Å². The maximum Gasteiger partial charge on any atom is 0.335 e. The highest BCUT2D eigenvalue weighted by Gasteiger charge is 2.13. The number of rotatable bonds is 6. The number of halogens is 1. The molecule has 0 bridgehead atoms. The Morgan fingerprint density at radius 2 is 1.62 bits per heavy atom. The molecule has 1 aromatic carbocycles. The molecular weight excluding hydrogens is 360 g/mol. The molecule has 144 valence electrons. The van der Waals surface area contributed by atoms with Crippen molar-refractivity contribution in [3.63, 3.8) is 0 Å². The van der Waals surface area contributed by atoms with E-state index in [0.717, 1.165) is 24.4 Å². The molecule has 2 rings (SSSR count). The molecule has 0 aliphatic heterocycles. The Bertz CT molecular complexity index is 689. The first kappa shape index (κ1) is 23.5. The van der Waals surface area contributed by atoms with E-state index in [-0.39, 0.29) is 29.1 Å². The second kappa shape index (κ2) is 11.1. The summed E-state index contributed by atoms with van der Waals surface area (Å²) in [7, 11) is 0. The lowest BCUT2D eigenvalue weighted by atomic mass is 10.0. The van der Waals surface area contributed by atoms with Gasteiger partial charge in [0.1, 0.15) is 12.4 Å². The fourth-order valence-electron chi connectivity index (χ4n) is 2.27. The predicted octanol–water partition coefficient (Wildman–Crippen LogP) is 3.27. The van der Waals surface area contributed by atoms with Crippen molar-refractivity contribution >= 4 is 24.3 Å². The number of hydrogen-bond donors (Lipinski definition) is 2. The molecule has 0 atom stereocenters. The molecule has 1 aromatic heterocycles. The van der Waals surface area contributed by atoms with E-state index < -0.39 is 11.9 Å². The van der Waals surface area contributed by atoms with Gasteiger partial charge < -0.3 is 15.1 Å². The predicted molar refractivity (Wildman–Crippen MR) is 100 cm³/mol. The van der Waals surface area contributed by atoms with Crippen molar-refractivity contribution < 1.29 is 24.6 Å². The van der Waals surface area contributed by atoms with Gasteiger partial charge in [0.25, 0.3) is 0 Å². The monoisotopic (exact) mass is 384 g/mol. The third kappa shape index (κ3) is 5.77. The van der Waals surface area contributed by atoms with Gasteiger partial charge in [0.2, 0.25) is 0 Å². The third-order valence-electron chi connectivity index (χ3n) is 3.59. The summed E-state index contributed by atoms with van der Waals surface area (Å²) in [6.45, 7) is 8.34. The maximum atomic E-state index is 10.6. The molecule has 0 radical (unpaired) electrons. The van der Waals surface area contributed by atoms with Gasteiger partial charge in [-0.05, 0) is 38.0 Å². The molecule has 0 aliphatic carbocycles. The number of carboxylic acids is 2. The van der Waals surface area contributed by atoms with Gasteiger partial charge in [-0.25, -0.2) is 14.6 Å². The molecule has 2 N–H and O–H groups in total. The second-order valence-electron chi connectivity index (χ2n) is 5.17. The first-order chi connectivity index (χ1) is 11.9. The van der Waals surface area contributed by atoms with Gasteiger partial charge in [-0.3, -0.25) is 0 Å². The van der Waals surface area contributed by atoms with Crippen LogP contribution in [0.1, 0.15) is 58.6 Å². The van der Waals surface area contributed by atoms with Crippen LogP contribution in [0.2, 0.25) is 0 Å². The highest BCUT2D eigenvalue weighted by molar-refractivity contribution is 5.96. The Morgan fingerprint density at radius 3 is 2.00 bits per heavy atom. The SMILES string of the molecule is CCOn1c(CC)cnc1CC.Cc1c(C(=O)O)cccc1C(=O)O.Cl. The number of aryl methyl sites for hydroxylation is 2. The van der Waals surface area contributed by atoms with E-state index in [0.29, 0.717) is 6.61 Å². The number of carboxylic acid groups (broad SMARTS) is 2. The number of nitrogens with zero attached hydrogens (tertiary/aromatic N) is 2. The van der Waals surface area contributed by atoms with Crippen LogP contribution in [0.4, 0.5) is 0 Å². The van der Waals surface area contributed by atoms with Crippen LogP contribution in [0.15, 0.2) is 24.4 Å². The van der Waals surface area contributed by atoms with E-state index in [9.17, 15) is 9.59 Å². The highest BCUT2D eigenvalue weighted by atomic mass is 35.5. The summed E-state index contributed by atoms with van der Waals surface area (Å²) in [6.07, 6.45) is 3.77. The van der Waals surface area contributed by atoms with E-state index in [2.05, 4.69) is 18.8 Å². The third-order valence-corrected chi connectivity index (χ3v) is 3.59. The number of aromatic carboxylic acids is 2. The van der Waals surface area contributed by atoms with Gasteiger partial charge in [-0.1, -0.05) is 19.9 Å². The molecule has 7 nitrogen and oxygen atoms in total. The number of hydrogen-bond acceptors (Lipinski definition) is 4. The second-order valence-corrected chi connectivity index (χ2v) is 5.17. The molecule has 1 heterocycles. The fraction of sp³-hybridized carbons (Fsp3) is 0.389. The number of aromatic nitrogens is 2. The minimum absolute atomic E-state index is 0. The van der Waals surface area contributed by atoms with Crippen molar-refractivity contribution in [3.05, 3.63) is 52.6 Å². The average molecular weight is 385 g/mol. The molecule has 26 heavy (non-hydrogen) atoms. The molecule has 0 unspecified atom stereocenters. The standard InChI is InChI=1S/C9H16N2O.C9H8O4.ClH/c1-4-8-7-10-9(5-2)11(8)12-6-3;1-5-6(8(10)11)3-2-4-7(5)9(12)13;/h7H,4-6H2,1-3H3;2-4H,1H3,(H,10,11)(H,12,13);1H. The first-order valence-electron chi connectivity index (χ1n) is 8.12. The zero-order chi connectivity index (χ0) is 19.0. The maximum absolute atomic E-state index is 10.6.